The van der Waals surface area contributed by atoms with Crippen molar-refractivity contribution in [2.45, 2.75) is 13.0 Å². The van der Waals surface area contributed by atoms with E-state index in [9.17, 15) is 10.1 Å². The minimum absolute atomic E-state index is 0.0852. The van der Waals surface area contributed by atoms with Gasteiger partial charge in [-0.3, -0.25) is 4.79 Å². The Morgan fingerprint density at radius 3 is 2.50 bits per heavy atom. The number of rotatable bonds is 4. The zero-order valence-corrected chi connectivity index (χ0v) is 15.4. The van der Waals surface area contributed by atoms with Crippen molar-refractivity contribution < 1.29 is 4.79 Å². The summed E-state index contributed by atoms with van der Waals surface area (Å²) in [5.41, 5.74) is 3.99. The number of nitriles is 1. The summed E-state index contributed by atoms with van der Waals surface area (Å²) in [7, 11) is 0. The highest BCUT2D eigenvalue weighted by molar-refractivity contribution is 6.08. The van der Waals surface area contributed by atoms with Gasteiger partial charge in [-0.2, -0.15) is 5.26 Å². The van der Waals surface area contributed by atoms with Gasteiger partial charge in [0.1, 0.15) is 11.6 Å². The van der Waals surface area contributed by atoms with Crippen LogP contribution in [0.1, 0.15) is 24.1 Å². The summed E-state index contributed by atoms with van der Waals surface area (Å²) in [4.78, 5) is 16.0. The Morgan fingerprint density at radius 2 is 1.71 bits per heavy atom. The third-order valence-electron chi connectivity index (χ3n) is 4.85. The molecule has 0 radical (unpaired) electrons. The number of aromatic amines is 1. The van der Waals surface area contributed by atoms with Crippen LogP contribution < -0.4 is 5.32 Å². The number of carbonyl (C=O) groups excluding carboxylic acids is 1. The number of fused-ring (bicyclic) bond motifs is 3. The number of carbonyl (C=O) groups is 1. The van der Waals surface area contributed by atoms with E-state index in [0.717, 1.165) is 32.9 Å². The quantitative estimate of drug-likeness (QED) is 0.390. The molecule has 1 atom stereocenters. The number of benzene rings is 3. The van der Waals surface area contributed by atoms with Crippen molar-refractivity contribution in [3.63, 3.8) is 0 Å². The average molecular weight is 365 g/mol. The minimum atomic E-state index is -0.377. The van der Waals surface area contributed by atoms with E-state index in [0.29, 0.717) is 0 Å². The van der Waals surface area contributed by atoms with Gasteiger partial charge in [0.05, 0.1) is 6.04 Å². The average Bonchev–Trinajstić information content (AvgIpc) is 3.10. The first-order chi connectivity index (χ1) is 13.7. The summed E-state index contributed by atoms with van der Waals surface area (Å²) in [6.45, 7) is 1.90. The number of hydrogen-bond donors (Lipinski definition) is 2. The topological polar surface area (TPSA) is 68.7 Å². The highest BCUT2D eigenvalue weighted by atomic mass is 16.1. The Bertz CT molecular complexity index is 1230. The maximum atomic E-state index is 12.6. The van der Waals surface area contributed by atoms with Crippen LogP contribution in [0, 0.1) is 11.3 Å². The van der Waals surface area contributed by atoms with Crippen LogP contribution in [0.5, 0.6) is 0 Å². The number of para-hydroxylation sites is 1. The van der Waals surface area contributed by atoms with Crippen LogP contribution in [0.15, 0.2) is 78.4 Å². The summed E-state index contributed by atoms with van der Waals surface area (Å²) in [5, 5.41) is 14.6. The second kappa shape index (κ2) is 7.42. The fourth-order valence-corrected chi connectivity index (χ4v) is 3.37. The SMILES string of the molecule is C[C@@H](NC(=O)/C(C#N)=C/c1ccc2[nH]c3ccccc3c2c1)c1ccccc1. The first kappa shape index (κ1) is 17.6. The molecule has 0 bridgehead atoms. The second-order valence-corrected chi connectivity index (χ2v) is 6.75. The lowest BCUT2D eigenvalue weighted by Crippen LogP contribution is -2.27. The van der Waals surface area contributed by atoms with Gasteiger partial charge in [-0.05, 0) is 42.3 Å². The lowest BCUT2D eigenvalue weighted by Gasteiger charge is -2.13. The van der Waals surface area contributed by atoms with Crippen LogP contribution in [-0.4, -0.2) is 10.9 Å². The van der Waals surface area contributed by atoms with Crippen molar-refractivity contribution in [3.8, 4) is 6.07 Å². The van der Waals surface area contributed by atoms with Crippen molar-refractivity contribution >= 4 is 33.8 Å². The molecule has 4 rings (SSSR count). The van der Waals surface area contributed by atoms with Crippen LogP contribution in [0.4, 0.5) is 0 Å². The van der Waals surface area contributed by atoms with E-state index in [1.54, 1.807) is 6.08 Å². The maximum Gasteiger partial charge on any atom is 0.262 e. The fraction of sp³-hybridized carbons (Fsp3) is 0.0833. The molecule has 0 unspecified atom stereocenters. The Balaban J connectivity index is 1.63. The van der Waals surface area contributed by atoms with Crippen LogP contribution in [0.2, 0.25) is 0 Å². The van der Waals surface area contributed by atoms with E-state index in [1.165, 1.54) is 0 Å². The van der Waals surface area contributed by atoms with Gasteiger partial charge in [-0.15, -0.1) is 0 Å². The second-order valence-electron chi connectivity index (χ2n) is 6.75. The zero-order valence-electron chi connectivity index (χ0n) is 15.4. The number of nitrogens with zero attached hydrogens (tertiary/aromatic N) is 1. The Labute approximate surface area is 163 Å². The molecule has 136 valence electrons. The first-order valence-corrected chi connectivity index (χ1v) is 9.14. The highest BCUT2D eigenvalue weighted by Gasteiger charge is 2.14. The molecule has 0 spiro atoms. The number of amides is 1. The molecule has 3 aromatic carbocycles. The van der Waals surface area contributed by atoms with E-state index >= 15 is 0 Å². The van der Waals surface area contributed by atoms with E-state index in [-0.39, 0.29) is 17.5 Å². The lowest BCUT2D eigenvalue weighted by atomic mass is 10.1. The van der Waals surface area contributed by atoms with Gasteiger partial charge in [0.2, 0.25) is 0 Å². The molecule has 0 aliphatic rings. The summed E-state index contributed by atoms with van der Waals surface area (Å²) in [5.74, 6) is -0.377. The Hall–Kier alpha value is -3.84. The van der Waals surface area contributed by atoms with Crippen molar-refractivity contribution in [2.24, 2.45) is 0 Å². The molecule has 0 saturated carbocycles. The molecule has 0 aliphatic heterocycles. The molecule has 4 heteroatoms. The van der Waals surface area contributed by atoms with Gasteiger partial charge in [-0.25, -0.2) is 0 Å². The monoisotopic (exact) mass is 365 g/mol. The summed E-state index contributed by atoms with van der Waals surface area (Å²) in [6.07, 6.45) is 1.63. The van der Waals surface area contributed by atoms with Crippen LogP contribution in [0.3, 0.4) is 0 Å². The van der Waals surface area contributed by atoms with E-state index < -0.39 is 0 Å². The molecule has 0 aliphatic carbocycles. The minimum Gasteiger partial charge on any atom is -0.355 e. The zero-order chi connectivity index (χ0) is 19.5. The third kappa shape index (κ3) is 3.38. The van der Waals surface area contributed by atoms with Crippen LogP contribution in [0.25, 0.3) is 27.9 Å². The van der Waals surface area contributed by atoms with Gasteiger partial charge in [0.15, 0.2) is 0 Å². The predicted octanol–water partition coefficient (Wildman–Crippen LogP) is 5.11. The predicted molar refractivity (Wildman–Crippen MR) is 112 cm³/mol. The number of H-pyrrole nitrogens is 1. The third-order valence-corrected chi connectivity index (χ3v) is 4.85. The number of nitrogens with one attached hydrogen (secondary N) is 2. The van der Waals surface area contributed by atoms with Crippen molar-refractivity contribution in [1.82, 2.24) is 10.3 Å². The van der Waals surface area contributed by atoms with E-state index in [4.69, 9.17) is 0 Å². The number of hydrogen-bond acceptors (Lipinski definition) is 2. The van der Waals surface area contributed by atoms with Crippen LogP contribution >= 0.6 is 0 Å². The van der Waals surface area contributed by atoms with Gasteiger partial charge in [0, 0.05) is 21.8 Å². The number of aromatic nitrogens is 1. The standard InChI is InChI=1S/C24H19N3O/c1-16(18-7-3-2-4-8-18)26-24(28)19(15-25)13-17-11-12-23-21(14-17)20-9-5-6-10-22(20)27-23/h2-14,16,27H,1H3,(H,26,28)/b19-13+/t16-/m1/s1. The van der Waals surface area contributed by atoms with E-state index in [1.807, 2.05) is 79.7 Å². The summed E-state index contributed by atoms with van der Waals surface area (Å²) in [6, 6.07) is 25.5. The fourth-order valence-electron chi connectivity index (χ4n) is 3.37. The smallest absolute Gasteiger partial charge is 0.262 e. The van der Waals surface area contributed by atoms with Gasteiger partial charge >= 0.3 is 0 Å². The molecule has 2 N–H and O–H groups in total. The molecule has 28 heavy (non-hydrogen) atoms. The molecular formula is C24H19N3O. The van der Waals surface area contributed by atoms with Crippen molar-refractivity contribution in [2.75, 3.05) is 0 Å². The molecule has 0 fully saturated rings. The summed E-state index contributed by atoms with van der Waals surface area (Å²) >= 11 is 0. The Kier molecular flexibility index (Phi) is 4.65. The van der Waals surface area contributed by atoms with Gasteiger partial charge < -0.3 is 10.3 Å². The molecule has 4 nitrogen and oxygen atoms in total. The molecule has 1 amide bonds. The normalized spacial score (nSPS) is 12.6. The largest absolute Gasteiger partial charge is 0.355 e. The van der Waals surface area contributed by atoms with Crippen molar-refractivity contribution in [1.29, 1.82) is 5.26 Å². The first-order valence-electron chi connectivity index (χ1n) is 9.14. The molecule has 1 aromatic heterocycles. The van der Waals surface area contributed by atoms with E-state index in [2.05, 4.69) is 16.4 Å². The molecule has 4 aromatic rings. The Morgan fingerprint density at radius 1 is 1.00 bits per heavy atom. The lowest BCUT2D eigenvalue weighted by molar-refractivity contribution is -0.117. The highest BCUT2D eigenvalue weighted by Crippen LogP contribution is 2.26. The molecule has 0 saturated heterocycles. The molecular weight excluding hydrogens is 346 g/mol. The summed E-state index contributed by atoms with van der Waals surface area (Å²) < 4.78 is 0. The maximum absolute atomic E-state index is 12.6. The molecule has 1 heterocycles. The van der Waals surface area contributed by atoms with Crippen LogP contribution in [-0.2, 0) is 4.79 Å². The van der Waals surface area contributed by atoms with Crippen molar-refractivity contribution in [3.05, 3.63) is 89.5 Å². The van der Waals surface area contributed by atoms with Gasteiger partial charge in [-0.1, -0.05) is 54.6 Å². The van der Waals surface area contributed by atoms with Gasteiger partial charge in [0.25, 0.3) is 5.91 Å².